The van der Waals surface area contributed by atoms with Gasteiger partial charge in [0.05, 0.1) is 12.5 Å². The molecule has 0 aromatic carbocycles. The van der Waals surface area contributed by atoms with Crippen molar-refractivity contribution in [2.75, 3.05) is 45.9 Å². The summed E-state index contributed by atoms with van der Waals surface area (Å²) in [6.45, 7) is 11.2. The highest BCUT2D eigenvalue weighted by Crippen LogP contribution is 2.22. The highest BCUT2D eigenvalue weighted by molar-refractivity contribution is 5.90. The molecule has 3 rings (SSSR count). The van der Waals surface area contributed by atoms with E-state index in [-0.39, 0.29) is 23.7 Å². The molecule has 1 aromatic rings. The van der Waals surface area contributed by atoms with Crippen LogP contribution in [0.25, 0.3) is 0 Å². The zero-order valence-electron chi connectivity index (χ0n) is 21.9. The minimum atomic E-state index is -0.359. The average Bonchev–Trinajstić information content (AvgIpc) is 3.01. The summed E-state index contributed by atoms with van der Waals surface area (Å²) in [5, 5.41) is 3.11. The molecule has 0 saturated carbocycles. The molecule has 8 nitrogen and oxygen atoms in total. The number of carbonyl (C=O) groups is 3. The quantitative estimate of drug-likeness (QED) is 0.389. The molecule has 35 heavy (non-hydrogen) atoms. The lowest BCUT2D eigenvalue weighted by molar-refractivity contribution is -0.135. The fourth-order valence-electron chi connectivity index (χ4n) is 5.40. The molecule has 196 valence electrons. The number of nitrogens with zero attached hydrogens (tertiary/aromatic N) is 2. The standard InChI is InChI=1S/C27H44N4O4/c1-4-35-27(34)25-20(2)23(21(3)29-25)12-13-24(32)31-18-9-11-22(19-31)26(33)28-14-10-17-30-15-7-5-6-8-16-30/h22,29H,4-19H2,1-3H3,(H,28,33). The fourth-order valence-corrected chi connectivity index (χ4v) is 5.40. The van der Waals surface area contributed by atoms with Crippen LogP contribution in [0.4, 0.5) is 0 Å². The molecule has 1 aromatic heterocycles. The summed E-state index contributed by atoms with van der Waals surface area (Å²) < 4.78 is 5.12. The van der Waals surface area contributed by atoms with Gasteiger partial charge in [0, 0.05) is 31.7 Å². The number of nitrogens with one attached hydrogen (secondary N) is 2. The lowest BCUT2D eigenvalue weighted by Gasteiger charge is -2.32. The van der Waals surface area contributed by atoms with Crippen LogP contribution < -0.4 is 5.32 Å². The molecule has 2 fully saturated rings. The normalized spacial score (nSPS) is 19.3. The highest BCUT2D eigenvalue weighted by atomic mass is 16.5. The van der Waals surface area contributed by atoms with Crippen molar-refractivity contribution in [3.05, 3.63) is 22.5 Å². The Labute approximate surface area is 210 Å². The number of piperidine rings is 1. The second kappa shape index (κ2) is 13.7. The molecule has 0 aliphatic carbocycles. The van der Waals surface area contributed by atoms with Crippen LogP contribution in [-0.4, -0.2) is 78.4 Å². The average molecular weight is 489 g/mol. The van der Waals surface area contributed by atoms with Gasteiger partial charge < -0.3 is 24.8 Å². The summed E-state index contributed by atoms with van der Waals surface area (Å²) in [4.78, 5) is 45.3. The Morgan fingerprint density at radius 3 is 2.51 bits per heavy atom. The van der Waals surface area contributed by atoms with Crippen molar-refractivity contribution in [3.63, 3.8) is 0 Å². The van der Waals surface area contributed by atoms with Gasteiger partial charge in [-0.3, -0.25) is 9.59 Å². The van der Waals surface area contributed by atoms with Gasteiger partial charge in [-0.15, -0.1) is 0 Å². The Hall–Kier alpha value is -2.35. The third-order valence-corrected chi connectivity index (χ3v) is 7.46. The Morgan fingerprint density at radius 1 is 1.06 bits per heavy atom. The van der Waals surface area contributed by atoms with Crippen molar-refractivity contribution in [1.82, 2.24) is 20.1 Å². The first-order valence-corrected chi connectivity index (χ1v) is 13.5. The van der Waals surface area contributed by atoms with Crippen molar-refractivity contribution in [1.29, 1.82) is 0 Å². The Balaban J connectivity index is 1.42. The van der Waals surface area contributed by atoms with E-state index in [0.29, 0.717) is 44.8 Å². The van der Waals surface area contributed by atoms with Crippen LogP contribution in [-0.2, 0) is 20.7 Å². The van der Waals surface area contributed by atoms with Crippen LogP contribution in [0.3, 0.4) is 0 Å². The molecular weight excluding hydrogens is 444 g/mol. The van der Waals surface area contributed by atoms with E-state index in [9.17, 15) is 14.4 Å². The number of H-pyrrole nitrogens is 1. The van der Waals surface area contributed by atoms with E-state index in [2.05, 4.69) is 15.2 Å². The number of hydrogen-bond acceptors (Lipinski definition) is 5. The number of rotatable bonds is 10. The molecule has 2 N–H and O–H groups in total. The molecule has 8 heteroatoms. The molecule has 2 aliphatic heterocycles. The van der Waals surface area contributed by atoms with Crippen LogP contribution in [0.5, 0.6) is 0 Å². The van der Waals surface area contributed by atoms with Crippen molar-refractivity contribution >= 4 is 17.8 Å². The number of ether oxygens (including phenoxy) is 1. The monoisotopic (exact) mass is 488 g/mol. The zero-order valence-corrected chi connectivity index (χ0v) is 21.9. The van der Waals surface area contributed by atoms with E-state index in [1.165, 1.54) is 38.8 Å². The van der Waals surface area contributed by atoms with E-state index in [1.54, 1.807) is 6.92 Å². The van der Waals surface area contributed by atoms with Crippen LogP contribution >= 0.6 is 0 Å². The summed E-state index contributed by atoms with van der Waals surface area (Å²) in [6, 6.07) is 0. The van der Waals surface area contributed by atoms with Gasteiger partial charge in [-0.05, 0) is 90.1 Å². The zero-order chi connectivity index (χ0) is 25.2. The van der Waals surface area contributed by atoms with E-state index in [0.717, 1.165) is 42.6 Å². The van der Waals surface area contributed by atoms with Gasteiger partial charge in [-0.2, -0.15) is 0 Å². The van der Waals surface area contributed by atoms with Crippen molar-refractivity contribution in [2.24, 2.45) is 5.92 Å². The summed E-state index contributed by atoms with van der Waals surface area (Å²) >= 11 is 0. The largest absolute Gasteiger partial charge is 0.461 e. The molecule has 2 saturated heterocycles. The number of esters is 1. The van der Waals surface area contributed by atoms with E-state index >= 15 is 0 Å². The van der Waals surface area contributed by atoms with E-state index in [1.807, 2.05) is 18.7 Å². The molecule has 0 bridgehead atoms. The Morgan fingerprint density at radius 2 is 1.80 bits per heavy atom. The number of aryl methyl sites for hydroxylation is 1. The predicted octanol–water partition coefficient (Wildman–Crippen LogP) is 3.36. The maximum absolute atomic E-state index is 13.0. The van der Waals surface area contributed by atoms with E-state index in [4.69, 9.17) is 4.74 Å². The van der Waals surface area contributed by atoms with Crippen molar-refractivity contribution in [3.8, 4) is 0 Å². The topological polar surface area (TPSA) is 94.7 Å². The predicted molar refractivity (Wildman–Crippen MR) is 136 cm³/mol. The molecule has 2 aliphatic rings. The molecule has 0 spiro atoms. The lowest BCUT2D eigenvalue weighted by Crippen LogP contribution is -2.45. The second-order valence-corrected chi connectivity index (χ2v) is 10.0. The molecule has 1 atom stereocenters. The van der Waals surface area contributed by atoms with Gasteiger partial charge in [-0.25, -0.2) is 4.79 Å². The first-order chi connectivity index (χ1) is 16.9. The number of aromatic nitrogens is 1. The van der Waals surface area contributed by atoms with Gasteiger partial charge in [0.25, 0.3) is 0 Å². The molecule has 1 unspecified atom stereocenters. The maximum atomic E-state index is 13.0. The van der Waals surface area contributed by atoms with Gasteiger partial charge in [0.1, 0.15) is 5.69 Å². The molecule has 2 amide bonds. The number of likely N-dealkylation sites (tertiary alicyclic amines) is 2. The Bertz CT molecular complexity index is 858. The smallest absolute Gasteiger partial charge is 0.355 e. The second-order valence-electron chi connectivity index (χ2n) is 10.0. The van der Waals surface area contributed by atoms with Gasteiger partial charge in [0.2, 0.25) is 11.8 Å². The minimum absolute atomic E-state index is 0.0707. The minimum Gasteiger partial charge on any atom is -0.461 e. The SMILES string of the molecule is CCOC(=O)c1[nH]c(C)c(CCC(=O)N2CCCC(C(=O)NCCCN3CCCCCC3)C2)c1C. The number of amides is 2. The van der Waals surface area contributed by atoms with Gasteiger partial charge in [0.15, 0.2) is 0 Å². The van der Waals surface area contributed by atoms with E-state index < -0.39 is 0 Å². The van der Waals surface area contributed by atoms with Crippen molar-refractivity contribution < 1.29 is 19.1 Å². The van der Waals surface area contributed by atoms with Crippen LogP contribution in [0, 0.1) is 19.8 Å². The summed E-state index contributed by atoms with van der Waals surface area (Å²) in [5.74, 6) is -0.338. The van der Waals surface area contributed by atoms with Gasteiger partial charge >= 0.3 is 5.97 Å². The Kier molecular flexibility index (Phi) is 10.6. The van der Waals surface area contributed by atoms with Crippen LogP contribution in [0.15, 0.2) is 0 Å². The maximum Gasteiger partial charge on any atom is 0.355 e. The van der Waals surface area contributed by atoms with Gasteiger partial charge in [-0.1, -0.05) is 12.8 Å². The highest BCUT2D eigenvalue weighted by Gasteiger charge is 2.28. The third kappa shape index (κ3) is 7.82. The first-order valence-electron chi connectivity index (χ1n) is 13.5. The van der Waals surface area contributed by atoms with Crippen LogP contribution in [0.2, 0.25) is 0 Å². The third-order valence-electron chi connectivity index (χ3n) is 7.46. The summed E-state index contributed by atoms with van der Waals surface area (Å²) in [5.41, 5.74) is 3.22. The summed E-state index contributed by atoms with van der Waals surface area (Å²) in [7, 11) is 0. The number of hydrogen-bond donors (Lipinski definition) is 2. The number of aromatic amines is 1. The molecule has 0 radical (unpaired) electrons. The first kappa shape index (κ1) is 27.2. The number of carbonyl (C=O) groups excluding carboxylic acids is 3. The summed E-state index contributed by atoms with van der Waals surface area (Å²) in [6.07, 6.45) is 8.84. The molecular formula is C27H44N4O4. The molecule has 3 heterocycles. The fraction of sp³-hybridized carbons (Fsp3) is 0.741. The lowest BCUT2D eigenvalue weighted by atomic mass is 9.96. The van der Waals surface area contributed by atoms with Crippen LogP contribution in [0.1, 0.15) is 85.6 Å². The van der Waals surface area contributed by atoms with Crippen molar-refractivity contribution in [2.45, 2.75) is 78.6 Å².